The first kappa shape index (κ1) is 68.3. The third-order valence-electron chi connectivity index (χ3n) is 12.8. The van der Waals surface area contributed by atoms with Crippen molar-refractivity contribution in [2.24, 2.45) is 0 Å². The fraction of sp³-hybridized carbons (Fsp3) is 0.712. The van der Waals surface area contributed by atoms with Crippen LogP contribution in [0.3, 0.4) is 0 Å². The van der Waals surface area contributed by atoms with Gasteiger partial charge in [-0.25, -0.2) is 0 Å². The highest BCUT2D eigenvalue weighted by molar-refractivity contribution is 5.71. The molecule has 6 nitrogen and oxygen atoms in total. The molecular formula is C66H112O6. The van der Waals surface area contributed by atoms with Gasteiger partial charge in [-0.1, -0.05) is 259 Å². The highest BCUT2D eigenvalue weighted by Gasteiger charge is 2.19. The fourth-order valence-electron chi connectivity index (χ4n) is 8.30. The van der Waals surface area contributed by atoms with Gasteiger partial charge in [0.15, 0.2) is 6.10 Å². The van der Waals surface area contributed by atoms with Crippen molar-refractivity contribution < 1.29 is 28.6 Å². The number of rotatable bonds is 54. The van der Waals surface area contributed by atoms with Crippen LogP contribution in [0, 0.1) is 0 Å². The second-order valence-corrected chi connectivity index (χ2v) is 19.9. The Hall–Kier alpha value is -3.67. The number of hydrogen-bond donors (Lipinski definition) is 0. The van der Waals surface area contributed by atoms with Crippen LogP contribution in [0.15, 0.2) is 97.2 Å². The van der Waals surface area contributed by atoms with Gasteiger partial charge in [0.25, 0.3) is 0 Å². The molecule has 0 bridgehead atoms. The molecule has 1 atom stereocenters. The third-order valence-corrected chi connectivity index (χ3v) is 12.8. The van der Waals surface area contributed by atoms with Crippen molar-refractivity contribution in [2.45, 2.75) is 290 Å². The van der Waals surface area contributed by atoms with E-state index in [2.05, 4.69) is 118 Å². The SMILES string of the molecule is CC/C=C\C/C=C\C/C=C\C/C=C\C/C=C\CCCCCCCC(=O)OC(COC(=O)CCCCCCCC)COC(=O)CCCCCCCCCCCCCC/C=C\C/C=C\C/C=C\CCCCCCC. The van der Waals surface area contributed by atoms with Crippen molar-refractivity contribution >= 4 is 17.9 Å². The average Bonchev–Trinajstić information content (AvgIpc) is 3.38. The molecule has 0 aliphatic rings. The first-order valence-electron chi connectivity index (χ1n) is 30.2. The number of allylic oxidation sites excluding steroid dienone is 16. The molecule has 0 heterocycles. The maximum absolute atomic E-state index is 12.8. The standard InChI is InChI=1S/C66H112O6/c1-4-7-10-13-16-18-20-22-24-26-28-30-31-32-33-34-35-37-38-40-42-44-46-48-50-53-56-59-65(68)71-62-63(61-70-64(67)58-55-52-15-12-9-6-3)72-66(69)60-57-54-51-49-47-45-43-41-39-36-29-27-25-23-21-19-17-14-11-8-5-2/h8,11,17,19-20,22-23,25-26,28-29,31-32,36,41,43,63H,4-7,9-10,12-16,18,21,24,27,30,33-35,37-40,42,44-62H2,1-3H3/b11-8-,19-17-,22-20-,25-23-,28-26-,32-31-,36-29-,43-41-. The molecule has 72 heavy (non-hydrogen) atoms. The molecule has 0 rings (SSSR count). The smallest absolute Gasteiger partial charge is 0.306 e. The maximum atomic E-state index is 12.8. The number of carbonyl (C=O) groups is 3. The molecule has 0 amide bonds. The Bertz CT molecular complexity index is 1430. The maximum Gasteiger partial charge on any atom is 0.306 e. The lowest BCUT2D eigenvalue weighted by Crippen LogP contribution is -2.30. The molecule has 0 spiro atoms. The largest absolute Gasteiger partial charge is 0.462 e. The zero-order valence-electron chi connectivity index (χ0n) is 47.2. The van der Waals surface area contributed by atoms with Gasteiger partial charge in [-0.15, -0.1) is 0 Å². The van der Waals surface area contributed by atoms with Crippen molar-refractivity contribution in [1.82, 2.24) is 0 Å². The molecular weight excluding hydrogens is 889 g/mol. The molecule has 0 aliphatic heterocycles. The predicted octanol–water partition coefficient (Wildman–Crippen LogP) is 20.5. The predicted molar refractivity (Wildman–Crippen MR) is 311 cm³/mol. The Morgan fingerprint density at radius 1 is 0.292 bits per heavy atom. The molecule has 0 aliphatic carbocycles. The number of carbonyl (C=O) groups excluding carboxylic acids is 3. The zero-order chi connectivity index (χ0) is 52.2. The number of esters is 3. The summed E-state index contributed by atoms with van der Waals surface area (Å²) in [5, 5.41) is 0. The van der Waals surface area contributed by atoms with Crippen molar-refractivity contribution in [3.05, 3.63) is 97.2 Å². The van der Waals surface area contributed by atoms with Crippen LogP contribution in [0.2, 0.25) is 0 Å². The molecule has 0 saturated carbocycles. The van der Waals surface area contributed by atoms with Gasteiger partial charge < -0.3 is 14.2 Å². The topological polar surface area (TPSA) is 78.9 Å². The summed E-state index contributed by atoms with van der Waals surface area (Å²) in [5.41, 5.74) is 0. The monoisotopic (exact) mass is 1000 g/mol. The molecule has 0 aromatic heterocycles. The summed E-state index contributed by atoms with van der Waals surface area (Å²) in [6, 6.07) is 0. The minimum absolute atomic E-state index is 0.0859. The van der Waals surface area contributed by atoms with Gasteiger partial charge in [-0.2, -0.15) is 0 Å². The highest BCUT2D eigenvalue weighted by atomic mass is 16.6. The Kier molecular flexibility index (Phi) is 56.8. The van der Waals surface area contributed by atoms with E-state index in [9.17, 15) is 14.4 Å². The summed E-state index contributed by atoms with van der Waals surface area (Å²) in [4.78, 5) is 37.9. The van der Waals surface area contributed by atoms with Gasteiger partial charge in [0, 0.05) is 19.3 Å². The number of unbranched alkanes of at least 4 members (excludes halogenated alkanes) is 27. The molecule has 0 radical (unpaired) electrons. The van der Waals surface area contributed by atoms with E-state index in [4.69, 9.17) is 14.2 Å². The van der Waals surface area contributed by atoms with E-state index in [1.807, 2.05) is 0 Å². The summed E-state index contributed by atoms with van der Waals surface area (Å²) in [5.74, 6) is -0.912. The quantitative estimate of drug-likeness (QED) is 0.0261. The normalized spacial score (nSPS) is 12.8. The Labute approximate surface area is 445 Å². The summed E-state index contributed by atoms with van der Waals surface area (Å²) in [7, 11) is 0. The lowest BCUT2D eigenvalue weighted by atomic mass is 10.0. The first-order valence-corrected chi connectivity index (χ1v) is 30.2. The van der Waals surface area contributed by atoms with E-state index < -0.39 is 6.10 Å². The van der Waals surface area contributed by atoms with Crippen LogP contribution in [-0.2, 0) is 28.6 Å². The van der Waals surface area contributed by atoms with Gasteiger partial charge in [-0.05, 0) is 103 Å². The van der Waals surface area contributed by atoms with Gasteiger partial charge in [0.1, 0.15) is 13.2 Å². The summed E-state index contributed by atoms with van der Waals surface area (Å²) in [6.07, 6.45) is 80.1. The first-order chi connectivity index (χ1) is 35.5. The van der Waals surface area contributed by atoms with Gasteiger partial charge in [0.05, 0.1) is 0 Å². The lowest BCUT2D eigenvalue weighted by Gasteiger charge is -2.18. The van der Waals surface area contributed by atoms with Crippen LogP contribution < -0.4 is 0 Å². The van der Waals surface area contributed by atoms with E-state index >= 15 is 0 Å². The van der Waals surface area contributed by atoms with E-state index in [1.165, 1.54) is 122 Å². The van der Waals surface area contributed by atoms with Crippen molar-refractivity contribution in [3.63, 3.8) is 0 Å². The van der Waals surface area contributed by atoms with Crippen LogP contribution in [-0.4, -0.2) is 37.2 Å². The molecule has 0 aromatic carbocycles. The molecule has 0 saturated heterocycles. The fourth-order valence-corrected chi connectivity index (χ4v) is 8.30. The van der Waals surface area contributed by atoms with Crippen LogP contribution in [0.25, 0.3) is 0 Å². The lowest BCUT2D eigenvalue weighted by molar-refractivity contribution is -0.167. The van der Waals surface area contributed by atoms with E-state index in [0.29, 0.717) is 19.3 Å². The van der Waals surface area contributed by atoms with E-state index in [0.717, 1.165) is 122 Å². The molecule has 0 N–H and O–H groups in total. The molecule has 6 heteroatoms. The van der Waals surface area contributed by atoms with Gasteiger partial charge in [0.2, 0.25) is 0 Å². The second-order valence-electron chi connectivity index (χ2n) is 19.9. The van der Waals surface area contributed by atoms with Crippen LogP contribution >= 0.6 is 0 Å². The molecule has 0 fully saturated rings. The summed E-state index contributed by atoms with van der Waals surface area (Å²) in [6.45, 7) is 6.45. The summed E-state index contributed by atoms with van der Waals surface area (Å²) < 4.78 is 16.8. The molecule has 1 unspecified atom stereocenters. The average molecular weight is 1000 g/mol. The van der Waals surface area contributed by atoms with Gasteiger partial charge in [-0.3, -0.25) is 14.4 Å². The molecule has 0 aromatic rings. The van der Waals surface area contributed by atoms with Crippen molar-refractivity contribution in [2.75, 3.05) is 13.2 Å². The Morgan fingerprint density at radius 3 is 0.847 bits per heavy atom. The number of ether oxygens (including phenoxy) is 3. The second kappa shape index (κ2) is 59.9. The summed E-state index contributed by atoms with van der Waals surface area (Å²) >= 11 is 0. The van der Waals surface area contributed by atoms with Crippen LogP contribution in [0.5, 0.6) is 0 Å². The highest BCUT2D eigenvalue weighted by Crippen LogP contribution is 2.15. The Balaban J connectivity index is 4.15. The van der Waals surface area contributed by atoms with Crippen LogP contribution in [0.1, 0.15) is 284 Å². The van der Waals surface area contributed by atoms with Crippen molar-refractivity contribution in [3.8, 4) is 0 Å². The zero-order valence-corrected chi connectivity index (χ0v) is 47.2. The van der Waals surface area contributed by atoms with Gasteiger partial charge >= 0.3 is 17.9 Å². The minimum Gasteiger partial charge on any atom is -0.462 e. The van der Waals surface area contributed by atoms with E-state index in [1.54, 1.807) is 0 Å². The third kappa shape index (κ3) is 57.2. The Morgan fingerprint density at radius 2 is 0.542 bits per heavy atom. The molecule has 412 valence electrons. The minimum atomic E-state index is -0.787. The van der Waals surface area contributed by atoms with E-state index in [-0.39, 0.29) is 31.1 Å². The van der Waals surface area contributed by atoms with Crippen LogP contribution in [0.4, 0.5) is 0 Å². The van der Waals surface area contributed by atoms with Crippen molar-refractivity contribution in [1.29, 1.82) is 0 Å². The number of hydrogen-bond acceptors (Lipinski definition) is 6.